The minimum atomic E-state index is 0.397. The molecule has 18 heavy (non-hydrogen) atoms. The standard InChI is InChI=1S/C12H7ClIN3O/c13-8-1-2-11(17-6-8)18-12-9(14)3-7(5-15)4-10(12)16/h1-4,6H,16H2. The molecule has 0 spiro atoms. The van der Waals surface area contributed by atoms with Gasteiger partial charge in [-0.3, -0.25) is 0 Å². The maximum atomic E-state index is 8.82. The van der Waals surface area contributed by atoms with E-state index in [0.29, 0.717) is 27.9 Å². The molecule has 4 nitrogen and oxygen atoms in total. The SMILES string of the molecule is N#Cc1cc(N)c(Oc2ccc(Cl)cn2)c(I)c1. The van der Waals surface area contributed by atoms with E-state index in [0.717, 1.165) is 3.57 Å². The number of benzene rings is 1. The molecular weight excluding hydrogens is 365 g/mol. The number of pyridine rings is 1. The number of ether oxygens (including phenoxy) is 1. The summed E-state index contributed by atoms with van der Waals surface area (Å²) in [5.74, 6) is 0.887. The third-order valence-electron chi connectivity index (χ3n) is 2.11. The number of anilines is 1. The van der Waals surface area contributed by atoms with Crippen LogP contribution in [0.3, 0.4) is 0 Å². The first-order valence-corrected chi connectivity index (χ1v) is 6.34. The van der Waals surface area contributed by atoms with Crippen LogP contribution >= 0.6 is 34.2 Å². The zero-order valence-corrected chi connectivity index (χ0v) is 11.9. The maximum absolute atomic E-state index is 8.82. The first-order chi connectivity index (χ1) is 8.60. The molecule has 1 aromatic carbocycles. The van der Waals surface area contributed by atoms with Crippen molar-refractivity contribution in [2.24, 2.45) is 0 Å². The van der Waals surface area contributed by atoms with Gasteiger partial charge in [0.05, 0.1) is 25.9 Å². The topological polar surface area (TPSA) is 71.9 Å². The summed E-state index contributed by atoms with van der Waals surface area (Å²) in [7, 11) is 0. The molecule has 1 heterocycles. The van der Waals surface area contributed by atoms with Gasteiger partial charge in [-0.05, 0) is 40.8 Å². The largest absolute Gasteiger partial charge is 0.436 e. The number of nitriles is 1. The Balaban J connectivity index is 2.35. The molecule has 2 aromatic rings. The summed E-state index contributed by atoms with van der Waals surface area (Å²) in [6.07, 6.45) is 1.49. The Morgan fingerprint density at radius 2 is 2.17 bits per heavy atom. The van der Waals surface area contributed by atoms with E-state index >= 15 is 0 Å². The molecule has 6 heteroatoms. The van der Waals surface area contributed by atoms with E-state index in [-0.39, 0.29) is 0 Å². The fraction of sp³-hybridized carbons (Fsp3) is 0. The Hall–Kier alpha value is -1.52. The molecule has 0 saturated heterocycles. The fourth-order valence-electron chi connectivity index (χ4n) is 1.31. The highest BCUT2D eigenvalue weighted by molar-refractivity contribution is 14.1. The second-order valence-corrected chi connectivity index (χ2v) is 5.00. The van der Waals surface area contributed by atoms with Gasteiger partial charge in [0.1, 0.15) is 0 Å². The highest BCUT2D eigenvalue weighted by Gasteiger charge is 2.10. The van der Waals surface area contributed by atoms with Crippen LogP contribution in [0.15, 0.2) is 30.5 Å². The van der Waals surface area contributed by atoms with E-state index in [1.807, 2.05) is 6.07 Å². The van der Waals surface area contributed by atoms with Gasteiger partial charge in [-0.15, -0.1) is 0 Å². The molecule has 0 radical (unpaired) electrons. The Labute approximate surface area is 122 Å². The Morgan fingerprint density at radius 3 is 2.72 bits per heavy atom. The van der Waals surface area contributed by atoms with Crippen molar-refractivity contribution in [1.82, 2.24) is 4.98 Å². The number of nitrogens with two attached hydrogens (primary N) is 1. The van der Waals surface area contributed by atoms with Crippen molar-refractivity contribution in [3.63, 3.8) is 0 Å². The lowest BCUT2D eigenvalue weighted by Gasteiger charge is -2.10. The molecule has 0 aliphatic carbocycles. The van der Waals surface area contributed by atoms with Gasteiger partial charge in [-0.25, -0.2) is 4.98 Å². The number of hydrogen-bond donors (Lipinski definition) is 1. The van der Waals surface area contributed by atoms with Crippen molar-refractivity contribution in [2.45, 2.75) is 0 Å². The third-order valence-corrected chi connectivity index (χ3v) is 3.13. The average molecular weight is 372 g/mol. The molecule has 0 unspecified atom stereocenters. The van der Waals surface area contributed by atoms with Crippen LogP contribution in [0, 0.1) is 14.9 Å². The molecular formula is C12H7ClIN3O. The summed E-state index contributed by atoms with van der Waals surface area (Å²) in [5, 5.41) is 9.35. The van der Waals surface area contributed by atoms with Crippen LogP contribution in [0.25, 0.3) is 0 Å². The monoisotopic (exact) mass is 371 g/mol. The van der Waals surface area contributed by atoms with Crippen LogP contribution in [-0.4, -0.2) is 4.98 Å². The summed E-state index contributed by atoms with van der Waals surface area (Å²) in [5.41, 5.74) is 6.73. The van der Waals surface area contributed by atoms with E-state index in [1.54, 1.807) is 24.3 Å². The summed E-state index contributed by atoms with van der Waals surface area (Å²) in [6.45, 7) is 0. The smallest absolute Gasteiger partial charge is 0.219 e. The van der Waals surface area contributed by atoms with Gasteiger partial charge in [0.25, 0.3) is 0 Å². The summed E-state index contributed by atoms with van der Waals surface area (Å²) < 4.78 is 6.33. The molecule has 2 rings (SSSR count). The predicted molar refractivity (Wildman–Crippen MR) is 77.6 cm³/mol. The van der Waals surface area contributed by atoms with Crippen molar-refractivity contribution in [3.05, 3.63) is 44.6 Å². The van der Waals surface area contributed by atoms with E-state index < -0.39 is 0 Å². The maximum Gasteiger partial charge on any atom is 0.219 e. The Kier molecular flexibility index (Phi) is 3.89. The zero-order chi connectivity index (χ0) is 13.1. The zero-order valence-electron chi connectivity index (χ0n) is 9.02. The molecule has 0 saturated carbocycles. The number of halogens is 2. The van der Waals surface area contributed by atoms with Crippen molar-refractivity contribution in [2.75, 3.05) is 5.73 Å². The lowest BCUT2D eigenvalue weighted by molar-refractivity contribution is 0.462. The molecule has 0 bridgehead atoms. The van der Waals surface area contributed by atoms with Gasteiger partial charge in [-0.2, -0.15) is 5.26 Å². The molecule has 0 fully saturated rings. The van der Waals surface area contributed by atoms with E-state index in [2.05, 4.69) is 27.6 Å². The number of nitrogen functional groups attached to an aromatic ring is 1. The van der Waals surface area contributed by atoms with Gasteiger partial charge >= 0.3 is 0 Å². The summed E-state index contributed by atoms with van der Waals surface area (Å²) in [4.78, 5) is 4.02. The Bertz CT molecular complexity index is 599. The Morgan fingerprint density at radius 1 is 1.39 bits per heavy atom. The van der Waals surface area contributed by atoms with Crippen molar-refractivity contribution >= 4 is 39.9 Å². The van der Waals surface area contributed by atoms with Gasteiger partial charge in [-0.1, -0.05) is 11.6 Å². The second-order valence-electron chi connectivity index (χ2n) is 3.40. The summed E-state index contributed by atoms with van der Waals surface area (Å²) >= 11 is 7.79. The molecule has 0 amide bonds. The highest BCUT2D eigenvalue weighted by atomic mass is 127. The van der Waals surface area contributed by atoms with Crippen LogP contribution in [0.1, 0.15) is 5.56 Å². The normalized spacial score (nSPS) is 9.83. The molecule has 2 N–H and O–H groups in total. The van der Waals surface area contributed by atoms with E-state index in [1.165, 1.54) is 6.20 Å². The third kappa shape index (κ3) is 2.83. The highest BCUT2D eigenvalue weighted by Crippen LogP contribution is 2.33. The molecule has 90 valence electrons. The average Bonchev–Trinajstić information content (AvgIpc) is 2.35. The quantitative estimate of drug-likeness (QED) is 0.647. The van der Waals surface area contributed by atoms with Crippen molar-refractivity contribution in [1.29, 1.82) is 5.26 Å². The van der Waals surface area contributed by atoms with Crippen LogP contribution in [-0.2, 0) is 0 Å². The van der Waals surface area contributed by atoms with Crippen LogP contribution in [0.5, 0.6) is 11.6 Å². The lowest BCUT2D eigenvalue weighted by atomic mass is 10.2. The minimum absolute atomic E-state index is 0.397. The van der Waals surface area contributed by atoms with Gasteiger partial charge in [0.2, 0.25) is 5.88 Å². The summed E-state index contributed by atoms with van der Waals surface area (Å²) in [6, 6.07) is 8.62. The van der Waals surface area contributed by atoms with Gasteiger partial charge < -0.3 is 10.5 Å². The molecule has 0 atom stereocenters. The van der Waals surface area contributed by atoms with Crippen molar-refractivity contribution in [3.8, 4) is 17.7 Å². The number of hydrogen-bond acceptors (Lipinski definition) is 4. The van der Waals surface area contributed by atoms with Crippen molar-refractivity contribution < 1.29 is 4.74 Å². The van der Waals surface area contributed by atoms with E-state index in [4.69, 9.17) is 27.3 Å². The van der Waals surface area contributed by atoms with Crippen LogP contribution in [0.2, 0.25) is 5.02 Å². The number of rotatable bonds is 2. The van der Waals surface area contributed by atoms with Crippen LogP contribution < -0.4 is 10.5 Å². The molecule has 0 aliphatic rings. The second kappa shape index (κ2) is 5.42. The van der Waals surface area contributed by atoms with Crippen LogP contribution in [0.4, 0.5) is 5.69 Å². The molecule has 1 aromatic heterocycles. The predicted octanol–water partition coefficient (Wildman–Crippen LogP) is 3.59. The first kappa shape index (κ1) is 12.9. The number of nitrogens with zero attached hydrogens (tertiary/aromatic N) is 2. The minimum Gasteiger partial charge on any atom is -0.436 e. The first-order valence-electron chi connectivity index (χ1n) is 4.88. The van der Waals surface area contributed by atoms with Gasteiger partial charge in [0, 0.05) is 12.3 Å². The lowest BCUT2D eigenvalue weighted by Crippen LogP contribution is -1.97. The van der Waals surface area contributed by atoms with E-state index in [9.17, 15) is 0 Å². The van der Waals surface area contributed by atoms with Gasteiger partial charge in [0.15, 0.2) is 5.75 Å². The fourth-order valence-corrected chi connectivity index (χ4v) is 2.18. The number of aromatic nitrogens is 1. The molecule has 0 aliphatic heterocycles.